The lowest BCUT2D eigenvalue weighted by molar-refractivity contribution is -0.160. The minimum absolute atomic E-state index is 0.256. The van der Waals surface area contributed by atoms with E-state index in [1.807, 2.05) is 0 Å². The van der Waals surface area contributed by atoms with E-state index in [-0.39, 0.29) is 6.61 Å². The Morgan fingerprint density at radius 3 is 2.07 bits per heavy atom. The van der Waals surface area contributed by atoms with E-state index in [1.54, 1.807) is 0 Å². The predicted octanol–water partition coefficient (Wildman–Crippen LogP) is 2.72. The Balaban J connectivity index is 4.62. The van der Waals surface area contributed by atoms with Crippen LogP contribution in [0.15, 0.2) is 0 Å². The number of esters is 1. The van der Waals surface area contributed by atoms with Crippen LogP contribution in [0.3, 0.4) is 0 Å². The fraction of sp³-hybridized carbons (Fsp3) is 0.833. The van der Waals surface area contributed by atoms with E-state index in [0.29, 0.717) is 0 Å². The summed E-state index contributed by atoms with van der Waals surface area (Å²) in [5.74, 6) is -5.10. The van der Waals surface area contributed by atoms with Crippen LogP contribution in [0, 0.1) is 0 Å². The van der Waals surface area contributed by atoms with Gasteiger partial charge in [0, 0.05) is 12.2 Å². The molecule has 0 saturated heterocycles. The van der Waals surface area contributed by atoms with Crippen LogP contribution >= 0.6 is 0 Å². The Morgan fingerprint density at radius 1 is 1.33 bits per heavy atom. The summed E-state index contributed by atoms with van der Waals surface area (Å²) in [5.41, 5.74) is 0. The van der Waals surface area contributed by atoms with Crippen LogP contribution < -0.4 is 0 Å². The van der Waals surface area contributed by atoms with Crippen LogP contribution in [-0.2, 0) is 9.53 Å². The van der Waals surface area contributed by atoms with Crippen LogP contribution in [0.1, 0.15) is 13.3 Å². The van der Waals surface area contributed by atoms with Gasteiger partial charge in [-0.05, 0) is 6.92 Å². The van der Waals surface area contributed by atoms with Crippen molar-refractivity contribution in [2.24, 2.45) is 0 Å². The Hall–Kier alpha value is -0.885. The molecule has 0 amide bonds. The molecule has 0 aliphatic rings. The molecule has 0 spiro atoms. The van der Waals surface area contributed by atoms with Gasteiger partial charge in [0.25, 0.3) is 0 Å². The summed E-state index contributed by atoms with van der Waals surface area (Å²) in [6.45, 7) is -5.11. The molecular weight excluding hydrogens is 229 g/mol. The van der Waals surface area contributed by atoms with Gasteiger partial charge in [-0.15, -0.1) is 0 Å². The number of carbonyl (C=O) groups excluding carboxylic acids is 1. The van der Waals surface area contributed by atoms with E-state index in [9.17, 15) is 30.9 Å². The highest BCUT2D eigenvalue weighted by Crippen LogP contribution is 2.43. The first-order valence-corrected chi connectivity index (χ1v) is 4.01. The molecule has 1 atom stereocenters. The van der Waals surface area contributed by atoms with Crippen molar-refractivity contribution < 1.29 is 35.6 Å². The summed E-state index contributed by atoms with van der Waals surface area (Å²) in [4.78, 5) is 10.5. The van der Waals surface area contributed by atoms with Crippen LogP contribution in [-0.4, -0.2) is 25.7 Å². The largest absolute Gasteiger partial charge is 0.490 e. The van der Waals surface area contributed by atoms with Crippen molar-refractivity contribution in [1.82, 2.24) is 0 Å². The first-order valence-electron chi connectivity index (χ1n) is 4.01. The highest BCUT2D eigenvalue weighted by molar-refractivity contribution is 6.60. The summed E-state index contributed by atoms with van der Waals surface area (Å²) < 4.78 is 75.6. The van der Waals surface area contributed by atoms with Gasteiger partial charge in [-0.25, -0.2) is 0 Å². The van der Waals surface area contributed by atoms with Crippen LogP contribution in [0.25, 0.3) is 0 Å². The standard InChI is InChI=1S/C6H8BF6O2/c1-2-15-5(14)3-4(6(8,9)10)7(11,12)13/h4H,2-3H2,1H3/q-1. The number of hydrogen-bond donors (Lipinski definition) is 0. The maximum absolute atomic E-state index is 12.0. The Bertz CT molecular complexity index is 209. The van der Waals surface area contributed by atoms with Gasteiger partial charge >= 0.3 is 19.1 Å². The molecule has 2 nitrogen and oxygen atoms in total. The molecular formula is C6H8BF6O2-. The average molecular weight is 237 g/mol. The zero-order chi connectivity index (χ0) is 12.3. The van der Waals surface area contributed by atoms with Gasteiger partial charge in [-0.1, -0.05) is 0 Å². The lowest BCUT2D eigenvalue weighted by atomic mass is 9.70. The maximum Gasteiger partial charge on any atom is 0.490 e. The van der Waals surface area contributed by atoms with Crippen LogP contribution in [0.2, 0.25) is 5.82 Å². The minimum atomic E-state index is -6.15. The quantitative estimate of drug-likeness (QED) is 0.426. The highest BCUT2D eigenvalue weighted by atomic mass is 19.4. The molecule has 0 aromatic rings. The lowest BCUT2D eigenvalue weighted by Crippen LogP contribution is -2.37. The summed E-state index contributed by atoms with van der Waals surface area (Å²) in [7, 11) is 0. The average Bonchev–Trinajstić information content (AvgIpc) is 1.96. The molecule has 0 rings (SSSR count). The fourth-order valence-corrected chi connectivity index (χ4v) is 0.863. The van der Waals surface area contributed by atoms with E-state index in [0.717, 1.165) is 0 Å². The molecule has 0 fully saturated rings. The molecule has 0 aliphatic carbocycles. The van der Waals surface area contributed by atoms with E-state index in [2.05, 4.69) is 4.74 Å². The molecule has 90 valence electrons. The molecule has 0 heterocycles. The number of alkyl halides is 3. The van der Waals surface area contributed by atoms with Crippen molar-refractivity contribution in [3.05, 3.63) is 0 Å². The summed E-state index contributed by atoms with van der Waals surface area (Å²) in [5, 5.41) is 0. The number of ether oxygens (including phenoxy) is 1. The predicted molar refractivity (Wildman–Crippen MR) is 40.1 cm³/mol. The number of hydrogen-bond acceptors (Lipinski definition) is 2. The molecule has 0 aliphatic heterocycles. The third-order valence-electron chi connectivity index (χ3n) is 1.57. The third kappa shape index (κ3) is 4.94. The molecule has 0 saturated carbocycles. The number of carbonyl (C=O) groups is 1. The molecule has 0 radical (unpaired) electrons. The SMILES string of the molecule is CCOC(=O)CC([B-](F)(F)F)C(F)(F)F. The monoisotopic (exact) mass is 237 g/mol. The van der Waals surface area contributed by atoms with E-state index < -0.39 is 31.4 Å². The second-order valence-corrected chi connectivity index (χ2v) is 2.78. The summed E-state index contributed by atoms with van der Waals surface area (Å²) in [6.07, 6.45) is -7.17. The van der Waals surface area contributed by atoms with Gasteiger partial charge in [-0.3, -0.25) is 4.79 Å². The lowest BCUT2D eigenvalue weighted by Gasteiger charge is -2.27. The fourth-order valence-electron chi connectivity index (χ4n) is 0.863. The molecule has 0 N–H and O–H groups in total. The van der Waals surface area contributed by atoms with Gasteiger partial charge in [0.15, 0.2) is 0 Å². The smallest absolute Gasteiger partial charge is 0.466 e. The molecule has 0 aromatic heterocycles. The van der Waals surface area contributed by atoms with Crippen LogP contribution in [0.5, 0.6) is 0 Å². The highest BCUT2D eigenvalue weighted by Gasteiger charge is 2.52. The topological polar surface area (TPSA) is 26.3 Å². The molecule has 1 unspecified atom stereocenters. The minimum Gasteiger partial charge on any atom is -0.466 e. The summed E-state index contributed by atoms with van der Waals surface area (Å²) >= 11 is 0. The zero-order valence-corrected chi connectivity index (χ0v) is 7.65. The van der Waals surface area contributed by atoms with Gasteiger partial charge < -0.3 is 17.7 Å². The Labute approximate surface area is 81.6 Å². The van der Waals surface area contributed by atoms with Gasteiger partial charge in [0.2, 0.25) is 0 Å². The molecule has 0 aromatic carbocycles. The normalized spacial score (nSPS) is 14.9. The molecule has 0 bridgehead atoms. The van der Waals surface area contributed by atoms with Gasteiger partial charge in [0.05, 0.1) is 6.61 Å². The molecule has 15 heavy (non-hydrogen) atoms. The maximum atomic E-state index is 12.0. The Kier molecular flexibility index (Phi) is 4.48. The van der Waals surface area contributed by atoms with Crippen molar-refractivity contribution in [1.29, 1.82) is 0 Å². The third-order valence-corrected chi connectivity index (χ3v) is 1.57. The van der Waals surface area contributed by atoms with Crippen molar-refractivity contribution in [2.75, 3.05) is 6.61 Å². The van der Waals surface area contributed by atoms with Crippen molar-refractivity contribution in [2.45, 2.75) is 25.3 Å². The first kappa shape index (κ1) is 14.1. The number of rotatable bonds is 4. The van der Waals surface area contributed by atoms with Gasteiger partial charge in [-0.2, -0.15) is 13.2 Å². The summed E-state index contributed by atoms with van der Waals surface area (Å²) in [6, 6.07) is 0. The second kappa shape index (κ2) is 4.76. The van der Waals surface area contributed by atoms with E-state index in [4.69, 9.17) is 0 Å². The van der Waals surface area contributed by atoms with E-state index >= 15 is 0 Å². The van der Waals surface area contributed by atoms with Crippen molar-refractivity contribution in [3.63, 3.8) is 0 Å². The molecule has 9 heteroatoms. The van der Waals surface area contributed by atoms with Gasteiger partial charge in [0.1, 0.15) is 0 Å². The van der Waals surface area contributed by atoms with E-state index in [1.165, 1.54) is 6.92 Å². The zero-order valence-electron chi connectivity index (χ0n) is 7.65. The number of halogens is 6. The van der Waals surface area contributed by atoms with Crippen LogP contribution in [0.4, 0.5) is 26.1 Å². The van der Waals surface area contributed by atoms with Crippen molar-refractivity contribution >= 4 is 12.9 Å². The second-order valence-electron chi connectivity index (χ2n) is 2.78. The van der Waals surface area contributed by atoms with Crippen molar-refractivity contribution in [3.8, 4) is 0 Å². The Morgan fingerprint density at radius 2 is 1.80 bits per heavy atom. The first-order chi connectivity index (χ1) is 6.59.